The molecule has 2 aromatic carbocycles. The lowest BCUT2D eigenvalue weighted by Crippen LogP contribution is -2.20. The lowest BCUT2D eigenvalue weighted by atomic mass is 10.2. The van der Waals surface area contributed by atoms with Crippen molar-refractivity contribution in [2.45, 2.75) is 6.54 Å². The van der Waals surface area contributed by atoms with Crippen molar-refractivity contribution in [1.29, 1.82) is 0 Å². The van der Waals surface area contributed by atoms with E-state index in [1.54, 1.807) is 24.3 Å². The third-order valence-corrected chi connectivity index (χ3v) is 3.88. The minimum absolute atomic E-state index is 0.210. The van der Waals surface area contributed by atoms with Gasteiger partial charge in [-0.3, -0.25) is 0 Å². The molecule has 0 fully saturated rings. The summed E-state index contributed by atoms with van der Waals surface area (Å²) in [5.41, 5.74) is 1.65. The average molecular weight is 308 g/mol. The van der Waals surface area contributed by atoms with Crippen LogP contribution in [0.4, 0.5) is 0 Å². The molecule has 0 unspecified atom stereocenters. The van der Waals surface area contributed by atoms with Crippen LogP contribution in [0.3, 0.4) is 0 Å². The highest BCUT2D eigenvalue weighted by molar-refractivity contribution is 7.92. The molecule has 0 heterocycles. The minimum atomic E-state index is -3.46. The molecule has 2 aromatic rings. The van der Waals surface area contributed by atoms with Crippen molar-refractivity contribution in [3.63, 3.8) is 0 Å². The molecule has 0 aromatic heterocycles. The molecule has 0 aliphatic heterocycles. The van der Waals surface area contributed by atoms with Gasteiger partial charge >= 0.3 is 0 Å². The zero-order valence-electron chi connectivity index (χ0n) is 10.7. The number of hydrogen-bond donors (Lipinski definition) is 1. The number of benzene rings is 2. The van der Waals surface area contributed by atoms with Crippen molar-refractivity contribution >= 4 is 27.7 Å². The lowest BCUT2D eigenvalue weighted by molar-refractivity contribution is 0.591. The highest BCUT2D eigenvalue weighted by atomic mass is 35.5. The van der Waals surface area contributed by atoms with E-state index in [0.717, 1.165) is 16.5 Å². The summed E-state index contributed by atoms with van der Waals surface area (Å²) in [6.07, 6.45) is 1.56. The topological polar surface area (TPSA) is 46.2 Å². The van der Waals surface area contributed by atoms with Gasteiger partial charge in [-0.15, -0.1) is 0 Å². The molecule has 104 valence electrons. The molecule has 0 aliphatic rings. The first kappa shape index (κ1) is 14.8. The molecule has 0 saturated heterocycles. The fourth-order valence-corrected chi connectivity index (χ4v) is 2.62. The third kappa shape index (κ3) is 4.81. The highest BCUT2D eigenvalue weighted by Crippen LogP contribution is 2.11. The van der Waals surface area contributed by atoms with Crippen LogP contribution in [0.25, 0.3) is 6.08 Å². The van der Waals surface area contributed by atoms with Gasteiger partial charge in [-0.1, -0.05) is 54.1 Å². The maximum Gasteiger partial charge on any atom is 0.234 e. The molecule has 5 heteroatoms. The van der Waals surface area contributed by atoms with E-state index in [0.29, 0.717) is 5.02 Å². The second-order valence-electron chi connectivity index (χ2n) is 4.21. The smallest absolute Gasteiger partial charge is 0.208 e. The van der Waals surface area contributed by atoms with Crippen molar-refractivity contribution < 1.29 is 8.42 Å². The van der Waals surface area contributed by atoms with Crippen LogP contribution in [0.5, 0.6) is 0 Å². The van der Waals surface area contributed by atoms with Gasteiger partial charge < -0.3 is 0 Å². The summed E-state index contributed by atoms with van der Waals surface area (Å²) >= 11 is 5.84. The van der Waals surface area contributed by atoms with Crippen molar-refractivity contribution in [3.05, 3.63) is 76.2 Å². The summed E-state index contributed by atoms with van der Waals surface area (Å²) in [5.74, 6) is 0. The molecule has 1 N–H and O–H groups in total. The van der Waals surface area contributed by atoms with E-state index in [9.17, 15) is 8.42 Å². The summed E-state index contributed by atoms with van der Waals surface area (Å²) in [7, 11) is -3.46. The van der Waals surface area contributed by atoms with E-state index in [-0.39, 0.29) is 6.54 Å². The van der Waals surface area contributed by atoms with E-state index >= 15 is 0 Å². The van der Waals surface area contributed by atoms with Crippen molar-refractivity contribution in [2.75, 3.05) is 0 Å². The van der Waals surface area contributed by atoms with Gasteiger partial charge in [0.25, 0.3) is 0 Å². The number of sulfonamides is 1. The third-order valence-electron chi connectivity index (χ3n) is 2.61. The molecule has 0 amide bonds. The Hall–Kier alpha value is -1.62. The zero-order valence-corrected chi connectivity index (χ0v) is 12.2. The van der Waals surface area contributed by atoms with Crippen molar-refractivity contribution in [3.8, 4) is 0 Å². The number of hydrogen-bond acceptors (Lipinski definition) is 2. The van der Waals surface area contributed by atoms with Gasteiger partial charge in [0.05, 0.1) is 0 Å². The van der Waals surface area contributed by atoms with E-state index < -0.39 is 10.0 Å². The monoisotopic (exact) mass is 307 g/mol. The molecule has 20 heavy (non-hydrogen) atoms. The first-order valence-electron chi connectivity index (χ1n) is 6.02. The predicted molar refractivity (Wildman–Crippen MR) is 82.7 cm³/mol. The largest absolute Gasteiger partial charge is 0.234 e. The summed E-state index contributed by atoms with van der Waals surface area (Å²) in [6, 6.07) is 16.3. The SMILES string of the molecule is O=S(=O)(/C=C/c1ccccc1)NCc1cccc(Cl)c1. The molecular weight excluding hydrogens is 294 g/mol. The van der Waals surface area contributed by atoms with Gasteiger partial charge in [-0.2, -0.15) is 0 Å². The minimum Gasteiger partial charge on any atom is -0.208 e. The van der Waals surface area contributed by atoms with E-state index in [4.69, 9.17) is 11.6 Å². The molecular formula is C15H14ClNO2S. The standard InChI is InChI=1S/C15H14ClNO2S/c16-15-8-4-7-14(11-15)12-17-20(18,19)10-9-13-5-2-1-3-6-13/h1-11,17H,12H2/b10-9+. The molecule has 0 spiro atoms. The summed E-state index contributed by atoms with van der Waals surface area (Å²) < 4.78 is 26.2. The fraction of sp³-hybridized carbons (Fsp3) is 0.0667. The number of rotatable bonds is 5. The Morgan fingerprint density at radius 1 is 1.05 bits per heavy atom. The average Bonchev–Trinajstić information content (AvgIpc) is 2.45. The quantitative estimate of drug-likeness (QED) is 0.920. The number of nitrogens with one attached hydrogen (secondary N) is 1. The second kappa shape index (κ2) is 6.70. The van der Waals surface area contributed by atoms with Gasteiger partial charge in [-0.25, -0.2) is 13.1 Å². The predicted octanol–water partition coefficient (Wildman–Crippen LogP) is 3.43. The molecule has 0 radical (unpaired) electrons. The Kier molecular flexibility index (Phi) is 4.95. The van der Waals surface area contributed by atoms with Crippen LogP contribution in [0, 0.1) is 0 Å². The first-order chi connectivity index (χ1) is 9.55. The van der Waals surface area contributed by atoms with Crippen molar-refractivity contribution in [2.24, 2.45) is 0 Å². The Morgan fingerprint density at radius 3 is 2.50 bits per heavy atom. The normalized spacial score (nSPS) is 11.8. The molecule has 0 aliphatic carbocycles. The Bertz CT molecular complexity index is 697. The van der Waals surface area contributed by atoms with Crippen LogP contribution < -0.4 is 4.72 Å². The summed E-state index contributed by atoms with van der Waals surface area (Å²) in [4.78, 5) is 0. The number of halogens is 1. The summed E-state index contributed by atoms with van der Waals surface area (Å²) in [6.45, 7) is 0.210. The van der Waals surface area contributed by atoms with Gasteiger partial charge in [0, 0.05) is 17.0 Å². The summed E-state index contributed by atoms with van der Waals surface area (Å²) in [5, 5.41) is 1.74. The van der Waals surface area contributed by atoms with E-state index in [2.05, 4.69) is 4.72 Å². The molecule has 3 nitrogen and oxygen atoms in total. The van der Waals surface area contributed by atoms with Crippen LogP contribution in [0.1, 0.15) is 11.1 Å². The molecule has 0 bridgehead atoms. The highest BCUT2D eigenvalue weighted by Gasteiger charge is 2.05. The molecule has 2 rings (SSSR count). The van der Waals surface area contributed by atoms with Gasteiger partial charge in [0.15, 0.2) is 0 Å². The van der Waals surface area contributed by atoms with Gasteiger partial charge in [0.2, 0.25) is 10.0 Å². The fourth-order valence-electron chi connectivity index (χ4n) is 1.61. The van der Waals surface area contributed by atoms with Gasteiger partial charge in [-0.05, 0) is 29.3 Å². The molecule has 0 atom stereocenters. The second-order valence-corrected chi connectivity index (χ2v) is 6.30. The Labute approximate surface area is 124 Å². The van der Waals surface area contributed by atoms with Crippen LogP contribution >= 0.6 is 11.6 Å². The van der Waals surface area contributed by atoms with Crippen molar-refractivity contribution in [1.82, 2.24) is 4.72 Å². The van der Waals surface area contributed by atoms with Crippen LogP contribution in [-0.4, -0.2) is 8.42 Å². The van der Waals surface area contributed by atoms with E-state index in [1.807, 2.05) is 36.4 Å². The van der Waals surface area contributed by atoms with Crippen LogP contribution in [-0.2, 0) is 16.6 Å². The van der Waals surface area contributed by atoms with Crippen LogP contribution in [0.15, 0.2) is 60.0 Å². The zero-order chi connectivity index (χ0) is 14.4. The Balaban J connectivity index is 1.99. The molecule has 0 saturated carbocycles. The van der Waals surface area contributed by atoms with E-state index in [1.165, 1.54) is 0 Å². The van der Waals surface area contributed by atoms with Crippen LogP contribution in [0.2, 0.25) is 5.02 Å². The van der Waals surface area contributed by atoms with Gasteiger partial charge in [0.1, 0.15) is 0 Å². The first-order valence-corrected chi connectivity index (χ1v) is 7.95. The lowest BCUT2D eigenvalue weighted by Gasteiger charge is -2.03. The maximum atomic E-state index is 11.8. The maximum absolute atomic E-state index is 11.8. The Morgan fingerprint density at radius 2 is 1.80 bits per heavy atom.